The van der Waals surface area contributed by atoms with Gasteiger partial charge in [-0.2, -0.15) is 0 Å². The lowest BCUT2D eigenvalue weighted by Gasteiger charge is -2.65. The molecule has 1 spiro atoms. The van der Waals surface area contributed by atoms with Gasteiger partial charge in [0.15, 0.2) is 5.78 Å². The van der Waals surface area contributed by atoms with Gasteiger partial charge in [0, 0.05) is 25.2 Å². The summed E-state index contributed by atoms with van der Waals surface area (Å²) in [6.07, 6.45) is 0.467. The minimum Gasteiger partial charge on any atom is -0.481 e. The highest BCUT2D eigenvalue weighted by atomic mass is 16.5. The lowest BCUT2D eigenvalue weighted by atomic mass is 9.39. The van der Waals surface area contributed by atoms with Crippen molar-refractivity contribution in [3.05, 3.63) is 12.2 Å². The van der Waals surface area contributed by atoms with Crippen LogP contribution in [0.4, 0.5) is 0 Å². The zero-order valence-corrected chi connectivity index (χ0v) is 19.3. The molecule has 4 fully saturated rings. The number of esters is 1. The fourth-order valence-corrected chi connectivity index (χ4v) is 7.68. The van der Waals surface area contributed by atoms with E-state index in [4.69, 9.17) is 14.6 Å². The van der Waals surface area contributed by atoms with E-state index in [-0.39, 0.29) is 46.6 Å². The van der Waals surface area contributed by atoms with Crippen LogP contribution in [0, 0.1) is 34.0 Å². The van der Waals surface area contributed by atoms with Crippen molar-refractivity contribution in [1.29, 1.82) is 0 Å². The Kier molecular flexibility index (Phi) is 6.39. The molecule has 8 nitrogen and oxygen atoms in total. The third-order valence-electron chi connectivity index (χ3n) is 8.90. The van der Waals surface area contributed by atoms with Crippen molar-refractivity contribution in [3.8, 4) is 0 Å². The molecule has 4 aliphatic rings. The molecule has 4 aliphatic carbocycles. The van der Waals surface area contributed by atoms with Gasteiger partial charge in [0.2, 0.25) is 0 Å². The largest absolute Gasteiger partial charge is 0.481 e. The van der Waals surface area contributed by atoms with E-state index in [2.05, 4.69) is 20.4 Å². The number of carboxylic acid groups (broad SMARTS) is 1. The highest BCUT2D eigenvalue weighted by molar-refractivity contribution is 6.04. The first kappa shape index (κ1) is 24.9. The normalized spacial score (nSPS) is 47.0. The summed E-state index contributed by atoms with van der Waals surface area (Å²) in [5.41, 5.74) is -1.68. The molecular formula is C24H36O8. The second-order valence-electron chi connectivity index (χ2n) is 10.7. The first-order valence-corrected chi connectivity index (χ1v) is 11.3. The van der Waals surface area contributed by atoms with Crippen LogP contribution in [0.5, 0.6) is 0 Å². The number of ketones is 1. The molecule has 9 atom stereocenters. The molecule has 0 radical (unpaired) electrons. The second kappa shape index (κ2) is 8.22. The SMILES string of the molecule is C=C1C(=O)[C@@]23[C@H](O)C[C@@H]4[C@@](C)(COC(C)=O)CCC[C@@]4(C)[C@@H]2C[C@H](O)[C@@H]1[C@H]3O.CC(=O)O. The number of Topliss-reactive ketones (excluding diaryl/α,β-unsaturated/α-hetero) is 1. The van der Waals surface area contributed by atoms with E-state index in [1.165, 1.54) is 6.92 Å². The van der Waals surface area contributed by atoms with Gasteiger partial charge in [-0.25, -0.2) is 0 Å². The maximum absolute atomic E-state index is 13.3. The number of aliphatic hydroxyl groups excluding tert-OH is 3. The fourth-order valence-electron chi connectivity index (χ4n) is 7.68. The lowest BCUT2D eigenvalue weighted by molar-refractivity contribution is -0.243. The van der Waals surface area contributed by atoms with Gasteiger partial charge in [0.05, 0.1) is 30.3 Å². The van der Waals surface area contributed by atoms with Crippen LogP contribution in [-0.4, -0.2) is 63.1 Å². The predicted molar refractivity (Wildman–Crippen MR) is 114 cm³/mol. The maximum atomic E-state index is 13.3. The Morgan fingerprint density at radius 3 is 2.25 bits per heavy atom. The molecule has 0 heterocycles. The minimum atomic E-state index is -1.27. The summed E-state index contributed by atoms with van der Waals surface area (Å²) >= 11 is 0. The maximum Gasteiger partial charge on any atom is 0.302 e. The molecule has 0 saturated heterocycles. The van der Waals surface area contributed by atoms with E-state index in [9.17, 15) is 24.9 Å². The molecule has 4 N–H and O–H groups in total. The summed E-state index contributed by atoms with van der Waals surface area (Å²) in [6, 6.07) is 0. The monoisotopic (exact) mass is 452 g/mol. The van der Waals surface area contributed by atoms with E-state index < -0.39 is 35.6 Å². The lowest BCUT2D eigenvalue weighted by Crippen LogP contribution is -2.68. The molecule has 2 bridgehead atoms. The summed E-state index contributed by atoms with van der Waals surface area (Å²) in [4.78, 5) is 33.7. The Morgan fingerprint density at radius 2 is 1.69 bits per heavy atom. The molecule has 0 unspecified atom stereocenters. The molecule has 4 saturated carbocycles. The average molecular weight is 453 g/mol. The fraction of sp³-hybridized carbons (Fsp3) is 0.792. The van der Waals surface area contributed by atoms with Gasteiger partial charge in [-0.1, -0.05) is 26.8 Å². The number of rotatable bonds is 2. The van der Waals surface area contributed by atoms with Gasteiger partial charge in [0.25, 0.3) is 5.97 Å². The molecule has 0 aromatic carbocycles. The standard InChI is InChI=1S/C22H32O6.C2H4O2/c1-11-17-13(24)8-15-21(4)7-5-6-20(3,10-28-12(2)23)14(21)9-16(25)22(15,18(11)26)19(17)27;1-2(3)4/h13-17,19,24-25,27H,1,5-10H2,2-4H3;1H3,(H,3,4)/t13-,14+,15-,16+,17+,19+,20+,21+,22-;/m0./s1. The van der Waals surface area contributed by atoms with Crippen molar-refractivity contribution >= 4 is 17.7 Å². The second-order valence-corrected chi connectivity index (χ2v) is 10.7. The Hall–Kier alpha value is -1.77. The van der Waals surface area contributed by atoms with Crippen LogP contribution in [0.1, 0.15) is 59.8 Å². The molecular weight excluding hydrogens is 416 g/mol. The van der Waals surface area contributed by atoms with Crippen molar-refractivity contribution in [2.24, 2.45) is 34.0 Å². The smallest absolute Gasteiger partial charge is 0.302 e. The number of carbonyl (C=O) groups excluding carboxylic acids is 2. The molecule has 0 aromatic heterocycles. The van der Waals surface area contributed by atoms with Crippen LogP contribution >= 0.6 is 0 Å². The average Bonchev–Trinajstić information content (AvgIpc) is 2.80. The van der Waals surface area contributed by atoms with E-state index in [0.29, 0.717) is 12.8 Å². The predicted octanol–water partition coefficient (Wildman–Crippen LogP) is 1.70. The summed E-state index contributed by atoms with van der Waals surface area (Å²) in [6.45, 7) is 10.9. The van der Waals surface area contributed by atoms with Crippen LogP contribution in [0.2, 0.25) is 0 Å². The molecule has 180 valence electrons. The van der Waals surface area contributed by atoms with Gasteiger partial charge in [-0.05, 0) is 48.5 Å². The van der Waals surface area contributed by atoms with Crippen molar-refractivity contribution in [3.63, 3.8) is 0 Å². The molecule has 4 rings (SSSR count). The molecule has 32 heavy (non-hydrogen) atoms. The van der Waals surface area contributed by atoms with Gasteiger partial charge in [0.1, 0.15) is 0 Å². The zero-order chi connectivity index (χ0) is 24.2. The summed E-state index contributed by atoms with van der Waals surface area (Å²) in [5, 5.41) is 40.6. The number of aliphatic hydroxyl groups is 3. The summed E-state index contributed by atoms with van der Waals surface area (Å²) < 4.78 is 5.39. The summed E-state index contributed by atoms with van der Waals surface area (Å²) in [5.74, 6) is -2.43. The van der Waals surface area contributed by atoms with Crippen LogP contribution < -0.4 is 0 Å². The number of ether oxygens (including phenoxy) is 1. The number of fused-ring (bicyclic) bond motifs is 3. The minimum absolute atomic E-state index is 0.0244. The van der Waals surface area contributed by atoms with Crippen LogP contribution in [0.3, 0.4) is 0 Å². The number of carbonyl (C=O) groups is 3. The Labute approximate surface area is 188 Å². The number of hydrogen-bond donors (Lipinski definition) is 4. The van der Waals surface area contributed by atoms with Crippen molar-refractivity contribution in [2.75, 3.05) is 6.61 Å². The Bertz CT molecular complexity index is 819. The van der Waals surface area contributed by atoms with E-state index in [0.717, 1.165) is 26.2 Å². The molecule has 0 aromatic rings. The first-order valence-electron chi connectivity index (χ1n) is 11.3. The van der Waals surface area contributed by atoms with E-state index in [1.54, 1.807) is 0 Å². The number of aliphatic carboxylic acids is 1. The van der Waals surface area contributed by atoms with Crippen LogP contribution in [0.25, 0.3) is 0 Å². The van der Waals surface area contributed by atoms with E-state index >= 15 is 0 Å². The Morgan fingerprint density at radius 1 is 1.09 bits per heavy atom. The highest BCUT2D eigenvalue weighted by Gasteiger charge is 2.75. The quantitative estimate of drug-likeness (QED) is 0.366. The molecule has 8 heteroatoms. The van der Waals surface area contributed by atoms with Crippen LogP contribution in [-0.2, 0) is 19.1 Å². The molecule has 0 amide bonds. The third-order valence-corrected chi connectivity index (χ3v) is 8.90. The summed E-state index contributed by atoms with van der Waals surface area (Å²) in [7, 11) is 0. The van der Waals surface area contributed by atoms with Gasteiger partial charge >= 0.3 is 5.97 Å². The van der Waals surface area contributed by atoms with Crippen molar-refractivity contribution in [1.82, 2.24) is 0 Å². The third kappa shape index (κ3) is 3.42. The first-order chi connectivity index (χ1) is 14.7. The van der Waals surface area contributed by atoms with Crippen LogP contribution in [0.15, 0.2) is 12.2 Å². The van der Waals surface area contributed by atoms with E-state index in [1.807, 2.05) is 0 Å². The topological polar surface area (TPSA) is 141 Å². The van der Waals surface area contributed by atoms with Crippen molar-refractivity contribution < 1.29 is 39.5 Å². The van der Waals surface area contributed by atoms with Gasteiger partial charge < -0.3 is 25.2 Å². The number of hydrogen-bond acceptors (Lipinski definition) is 7. The van der Waals surface area contributed by atoms with Crippen molar-refractivity contribution in [2.45, 2.75) is 78.1 Å². The zero-order valence-electron chi connectivity index (χ0n) is 19.3. The Balaban J connectivity index is 0.000000668. The van der Waals surface area contributed by atoms with Gasteiger partial charge in [-0.15, -0.1) is 0 Å². The molecule has 0 aliphatic heterocycles. The van der Waals surface area contributed by atoms with Gasteiger partial charge in [-0.3, -0.25) is 14.4 Å². The highest BCUT2D eigenvalue weighted by Crippen LogP contribution is 2.71. The number of carboxylic acids is 1.